The molecule has 208 valence electrons. The van der Waals surface area contributed by atoms with Gasteiger partial charge in [0, 0.05) is 42.0 Å². The van der Waals surface area contributed by atoms with E-state index in [-0.39, 0.29) is 18.1 Å². The molecular formula is C30H35N7O3. The molecule has 10 heteroatoms. The number of hydrogen-bond acceptors (Lipinski definition) is 8. The summed E-state index contributed by atoms with van der Waals surface area (Å²) < 4.78 is 7.81. The summed E-state index contributed by atoms with van der Waals surface area (Å²) in [6.07, 6.45) is 13.0. The Balaban J connectivity index is 1.62. The number of aliphatic hydroxyl groups is 1. The Bertz CT molecular complexity index is 1430. The fourth-order valence-electron chi connectivity index (χ4n) is 5.45. The number of pyridine rings is 2. The van der Waals surface area contributed by atoms with E-state index in [1.54, 1.807) is 35.1 Å². The van der Waals surface area contributed by atoms with Gasteiger partial charge in [-0.05, 0) is 62.6 Å². The summed E-state index contributed by atoms with van der Waals surface area (Å²) in [6, 6.07) is 9.47. The van der Waals surface area contributed by atoms with Crippen LogP contribution in [0, 0.1) is 16.7 Å². The summed E-state index contributed by atoms with van der Waals surface area (Å²) in [6.45, 7) is 6.13. The maximum absolute atomic E-state index is 10.7. The van der Waals surface area contributed by atoms with Gasteiger partial charge in [0.15, 0.2) is 6.10 Å². The molecule has 0 aromatic carbocycles. The number of amides is 1. The fourth-order valence-corrected chi connectivity index (χ4v) is 5.45. The predicted octanol–water partition coefficient (Wildman–Crippen LogP) is 3.72. The largest absolute Gasteiger partial charge is 0.479 e. The number of aromatic nitrogens is 3. The molecule has 1 amide bonds. The topological polar surface area (TPSA) is 151 Å². The predicted molar refractivity (Wildman–Crippen MR) is 153 cm³/mol. The first-order valence-electron chi connectivity index (χ1n) is 13.3. The first kappa shape index (κ1) is 28.5. The average Bonchev–Trinajstić information content (AvgIpc) is 3.38. The lowest BCUT2D eigenvalue weighted by atomic mass is 9.61. The van der Waals surface area contributed by atoms with Gasteiger partial charge in [-0.25, -0.2) is 4.52 Å². The summed E-state index contributed by atoms with van der Waals surface area (Å²) in [7, 11) is 0. The number of hydrogen-bond donors (Lipinski definition) is 3. The molecule has 40 heavy (non-hydrogen) atoms. The number of nitrogens with one attached hydrogen (secondary N) is 1. The van der Waals surface area contributed by atoms with Crippen LogP contribution in [-0.4, -0.2) is 51.0 Å². The first-order chi connectivity index (χ1) is 19.5. The number of carbonyl (C=O) groups excluding carboxylic acids is 1. The van der Waals surface area contributed by atoms with Crippen LogP contribution >= 0.6 is 0 Å². The van der Waals surface area contributed by atoms with Crippen molar-refractivity contribution in [1.82, 2.24) is 19.9 Å². The van der Waals surface area contributed by atoms with E-state index in [2.05, 4.69) is 28.0 Å². The SMILES string of the molecule is C=CCCC1(CCNC=O)CC(N=C(C)/C(=C\N)c2cc(OC(CO)c3ccccn3)c3c(C#N)cnn3c2)C1. The maximum atomic E-state index is 10.7. The van der Waals surface area contributed by atoms with E-state index in [1.165, 1.54) is 12.4 Å². The molecule has 3 aromatic rings. The highest BCUT2D eigenvalue weighted by atomic mass is 16.5. The number of nitrogens with zero attached hydrogens (tertiary/aromatic N) is 5. The lowest BCUT2D eigenvalue weighted by Crippen LogP contribution is -2.42. The van der Waals surface area contributed by atoms with E-state index in [4.69, 9.17) is 15.5 Å². The Kier molecular flexibility index (Phi) is 9.30. The Morgan fingerprint density at radius 3 is 2.92 bits per heavy atom. The molecule has 4 rings (SSSR count). The third kappa shape index (κ3) is 6.21. The zero-order valence-corrected chi connectivity index (χ0v) is 22.7. The molecule has 1 fully saturated rings. The molecule has 1 aliphatic rings. The van der Waals surface area contributed by atoms with Crippen molar-refractivity contribution in [3.8, 4) is 11.8 Å². The Labute approximate surface area is 233 Å². The van der Waals surface area contributed by atoms with Gasteiger partial charge in [-0.1, -0.05) is 12.1 Å². The number of nitriles is 1. The van der Waals surface area contributed by atoms with Crippen molar-refractivity contribution >= 4 is 23.2 Å². The second-order valence-corrected chi connectivity index (χ2v) is 10.1. The van der Waals surface area contributed by atoms with Gasteiger partial charge in [-0.15, -0.1) is 6.58 Å². The second kappa shape index (κ2) is 13.0. The Morgan fingerprint density at radius 2 is 2.27 bits per heavy atom. The van der Waals surface area contributed by atoms with Gasteiger partial charge >= 0.3 is 0 Å². The van der Waals surface area contributed by atoms with Crippen LogP contribution in [0.4, 0.5) is 0 Å². The Morgan fingerprint density at radius 1 is 1.45 bits per heavy atom. The minimum absolute atomic E-state index is 0.138. The molecule has 1 atom stereocenters. The lowest BCUT2D eigenvalue weighted by molar-refractivity contribution is -0.109. The lowest BCUT2D eigenvalue weighted by Gasteiger charge is -2.47. The summed E-state index contributed by atoms with van der Waals surface area (Å²) >= 11 is 0. The minimum Gasteiger partial charge on any atom is -0.479 e. The Hall–Kier alpha value is -4.49. The van der Waals surface area contributed by atoms with Crippen molar-refractivity contribution in [3.63, 3.8) is 0 Å². The summed E-state index contributed by atoms with van der Waals surface area (Å²) in [4.78, 5) is 20.0. The summed E-state index contributed by atoms with van der Waals surface area (Å²) in [5.74, 6) is 0.373. The van der Waals surface area contributed by atoms with E-state index in [9.17, 15) is 15.2 Å². The van der Waals surface area contributed by atoms with Gasteiger partial charge in [0.25, 0.3) is 0 Å². The van der Waals surface area contributed by atoms with E-state index in [1.807, 2.05) is 19.1 Å². The maximum Gasteiger partial charge on any atom is 0.207 e. The van der Waals surface area contributed by atoms with Gasteiger partial charge in [-0.2, -0.15) is 10.4 Å². The van der Waals surface area contributed by atoms with E-state index in [0.29, 0.717) is 40.2 Å². The number of rotatable bonds is 14. The number of ether oxygens (including phenoxy) is 1. The number of carbonyl (C=O) groups is 1. The molecule has 0 radical (unpaired) electrons. The van der Waals surface area contributed by atoms with Gasteiger partial charge in [0.05, 0.1) is 24.5 Å². The van der Waals surface area contributed by atoms with Crippen molar-refractivity contribution in [2.45, 2.75) is 51.2 Å². The van der Waals surface area contributed by atoms with Crippen molar-refractivity contribution in [1.29, 1.82) is 5.26 Å². The van der Waals surface area contributed by atoms with Crippen molar-refractivity contribution < 1.29 is 14.6 Å². The van der Waals surface area contributed by atoms with Crippen LogP contribution in [0.1, 0.15) is 62.0 Å². The zero-order valence-electron chi connectivity index (χ0n) is 22.7. The summed E-state index contributed by atoms with van der Waals surface area (Å²) in [5.41, 5.74) is 9.85. The molecule has 3 aromatic heterocycles. The molecule has 0 saturated heterocycles. The molecule has 4 N–H and O–H groups in total. The molecule has 1 saturated carbocycles. The van der Waals surface area contributed by atoms with Crippen LogP contribution in [0.25, 0.3) is 11.1 Å². The third-order valence-corrected chi connectivity index (χ3v) is 7.49. The molecule has 0 aliphatic heterocycles. The van der Waals surface area contributed by atoms with Crippen LogP contribution in [-0.2, 0) is 4.79 Å². The molecule has 3 heterocycles. The average molecular weight is 542 g/mol. The molecule has 0 spiro atoms. The molecule has 1 aliphatic carbocycles. The van der Waals surface area contributed by atoms with Gasteiger partial charge < -0.3 is 20.9 Å². The first-order valence-corrected chi connectivity index (χ1v) is 13.3. The summed E-state index contributed by atoms with van der Waals surface area (Å²) in [5, 5.41) is 26.9. The molecular weight excluding hydrogens is 506 g/mol. The van der Waals surface area contributed by atoms with Crippen molar-refractivity contribution in [2.24, 2.45) is 16.1 Å². The van der Waals surface area contributed by atoms with E-state index < -0.39 is 6.10 Å². The standard InChI is InChI=1S/C30H35N7O3/c1-3-4-8-30(9-11-33-20-39)13-24(14-30)36-21(2)25(16-32)22-12-27(29-23(15-31)17-35-37(29)18-22)40-28(19-38)26-7-5-6-10-34-26/h3,5-7,10,12,16-18,20,24,28,38H,1,4,8-9,11,13-14,19,32H2,2H3,(H,33,39)/b25-16+,36-21?. The van der Waals surface area contributed by atoms with Crippen LogP contribution < -0.4 is 15.8 Å². The molecule has 1 unspecified atom stereocenters. The van der Waals surface area contributed by atoms with Crippen LogP contribution in [0.2, 0.25) is 0 Å². The zero-order chi connectivity index (χ0) is 28.5. The van der Waals surface area contributed by atoms with Gasteiger partial charge in [0.2, 0.25) is 6.41 Å². The highest BCUT2D eigenvalue weighted by Crippen LogP contribution is 2.49. The third-order valence-electron chi connectivity index (χ3n) is 7.49. The van der Waals surface area contributed by atoms with Gasteiger partial charge in [-0.3, -0.25) is 14.8 Å². The molecule has 0 bridgehead atoms. The van der Waals surface area contributed by atoms with Crippen molar-refractivity contribution in [3.05, 3.63) is 78.5 Å². The van der Waals surface area contributed by atoms with Gasteiger partial charge in [0.1, 0.15) is 22.9 Å². The second-order valence-electron chi connectivity index (χ2n) is 10.1. The normalized spacial score (nSPS) is 19.9. The number of fused-ring (bicyclic) bond motifs is 1. The van der Waals surface area contributed by atoms with E-state index >= 15 is 0 Å². The van der Waals surface area contributed by atoms with E-state index in [0.717, 1.165) is 44.2 Å². The number of nitrogens with two attached hydrogens (primary N) is 1. The van der Waals surface area contributed by atoms with Crippen LogP contribution in [0.5, 0.6) is 5.75 Å². The monoisotopic (exact) mass is 541 g/mol. The number of aliphatic hydroxyl groups excluding tert-OH is 1. The minimum atomic E-state index is -0.742. The fraction of sp³-hybridized carbons (Fsp3) is 0.367. The quantitative estimate of drug-likeness (QED) is 0.122. The smallest absolute Gasteiger partial charge is 0.207 e. The number of aliphatic imine (C=N–C) groups is 1. The van der Waals surface area contributed by atoms with Crippen LogP contribution in [0.3, 0.4) is 0 Å². The highest BCUT2D eigenvalue weighted by molar-refractivity contribution is 6.22. The van der Waals surface area contributed by atoms with Crippen molar-refractivity contribution in [2.75, 3.05) is 13.2 Å². The van der Waals surface area contributed by atoms with Crippen LogP contribution in [0.15, 0.2) is 66.7 Å². The number of allylic oxidation sites excluding steroid dienone is 2. The molecule has 10 nitrogen and oxygen atoms in total. The highest BCUT2D eigenvalue weighted by Gasteiger charge is 2.43.